The van der Waals surface area contributed by atoms with Crippen LogP contribution in [0.2, 0.25) is 0 Å². The summed E-state index contributed by atoms with van der Waals surface area (Å²) in [5, 5.41) is 3.39. The Kier molecular flexibility index (Phi) is 6.41. The van der Waals surface area contributed by atoms with E-state index in [2.05, 4.69) is 22.0 Å². The summed E-state index contributed by atoms with van der Waals surface area (Å²) in [4.78, 5) is 5.27. The molecule has 1 unspecified atom stereocenters. The van der Waals surface area contributed by atoms with Crippen LogP contribution in [-0.2, 0) is 4.74 Å². The average molecular weight is 255 g/mol. The monoisotopic (exact) mass is 255 g/mol. The fourth-order valence-corrected chi connectivity index (χ4v) is 3.02. The van der Waals surface area contributed by atoms with E-state index in [1.807, 2.05) is 0 Å². The fourth-order valence-electron chi connectivity index (χ4n) is 3.02. The zero-order valence-electron chi connectivity index (χ0n) is 11.9. The van der Waals surface area contributed by atoms with Crippen molar-refractivity contribution >= 4 is 0 Å². The van der Waals surface area contributed by atoms with Crippen molar-refractivity contribution in [1.82, 2.24) is 15.1 Å². The van der Waals surface area contributed by atoms with Crippen molar-refractivity contribution in [1.29, 1.82) is 0 Å². The van der Waals surface area contributed by atoms with E-state index >= 15 is 0 Å². The molecule has 2 aliphatic heterocycles. The van der Waals surface area contributed by atoms with Crippen molar-refractivity contribution in [3.63, 3.8) is 0 Å². The van der Waals surface area contributed by atoms with Crippen LogP contribution >= 0.6 is 0 Å². The fraction of sp³-hybridized carbons (Fsp3) is 1.00. The zero-order valence-corrected chi connectivity index (χ0v) is 11.9. The molecular formula is C14H29N3O. The Morgan fingerprint density at radius 2 is 2.00 bits per heavy atom. The van der Waals surface area contributed by atoms with Gasteiger partial charge in [0.05, 0.1) is 13.2 Å². The van der Waals surface area contributed by atoms with E-state index in [9.17, 15) is 0 Å². The summed E-state index contributed by atoms with van der Waals surface area (Å²) in [6.45, 7) is 12.4. The van der Waals surface area contributed by atoms with Crippen LogP contribution in [0, 0.1) is 0 Å². The highest BCUT2D eigenvalue weighted by molar-refractivity contribution is 4.84. The summed E-state index contributed by atoms with van der Waals surface area (Å²) in [5.41, 5.74) is 0. The topological polar surface area (TPSA) is 27.7 Å². The second-order valence-corrected chi connectivity index (χ2v) is 5.45. The van der Waals surface area contributed by atoms with Gasteiger partial charge in [-0.05, 0) is 45.4 Å². The summed E-state index contributed by atoms with van der Waals surface area (Å²) in [6.07, 6.45) is 4.00. The van der Waals surface area contributed by atoms with Gasteiger partial charge in [-0.3, -0.25) is 4.90 Å². The summed E-state index contributed by atoms with van der Waals surface area (Å²) in [7, 11) is 0. The molecule has 0 radical (unpaired) electrons. The Bertz CT molecular complexity index is 219. The molecule has 0 bridgehead atoms. The predicted octanol–water partition coefficient (Wildman–Crippen LogP) is 0.783. The van der Waals surface area contributed by atoms with Crippen LogP contribution in [0.4, 0.5) is 0 Å². The molecule has 1 atom stereocenters. The first kappa shape index (κ1) is 14.3. The Morgan fingerprint density at radius 1 is 1.17 bits per heavy atom. The van der Waals surface area contributed by atoms with E-state index in [-0.39, 0.29) is 0 Å². The second kappa shape index (κ2) is 8.10. The number of unbranched alkanes of at least 4 members (excludes halogenated alkanes) is 1. The quantitative estimate of drug-likeness (QED) is 0.681. The molecule has 2 saturated heterocycles. The molecule has 2 fully saturated rings. The van der Waals surface area contributed by atoms with Crippen molar-refractivity contribution in [3.05, 3.63) is 0 Å². The maximum absolute atomic E-state index is 5.43. The highest BCUT2D eigenvalue weighted by Gasteiger charge is 2.27. The van der Waals surface area contributed by atoms with Crippen molar-refractivity contribution in [2.24, 2.45) is 0 Å². The van der Waals surface area contributed by atoms with Gasteiger partial charge in [0.15, 0.2) is 0 Å². The van der Waals surface area contributed by atoms with E-state index in [4.69, 9.17) is 4.74 Å². The van der Waals surface area contributed by atoms with E-state index in [1.54, 1.807) is 0 Å². The molecule has 0 spiro atoms. The van der Waals surface area contributed by atoms with Gasteiger partial charge in [-0.15, -0.1) is 0 Å². The van der Waals surface area contributed by atoms with Crippen LogP contribution in [0.15, 0.2) is 0 Å². The Balaban J connectivity index is 1.56. The molecule has 1 N–H and O–H groups in total. The number of nitrogens with zero attached hydrogens (tertiary/aromatic N) is 2. The molecule has 4 heteroatoms. The molecule has 2 heterocycles. The molecule has 18 heavy (non-hydrogen) atoms. The molecule has 106 valence electrons. The highest BCUT2D eigenvalue weighted by atomic mass is 16.5. The van der Waals surface area contributed by atoms with Crippen LogP contribution < -0.4 is 5.32 Å². The predicted molar refractivity (Wildman–Crippen MR) is 75.0 cm³/mol. The first-order valence-corrected chi connectivity index (χ1v) is 7.65. The molecular weight excluding hydrogens is 226 g/mol. The van der Waals surface area contributed by atoms with Gasteiger partial charge in [0, 0.05) is 25.7 Å². The maximum Gasteiger partial charge on any atom is 0.0594 e. The number of hydrogen-bond acceptors (Lipinski definition) is 4. The van der Waals surface area contributed by atoms with Gasteiger partial charge in [-0.2, -0.15) is 0 Å². The lowest BCUT2D eigenvalue weighted by molar-refractivity contribution is 0.0185. The number of hydrogen-bond donors (Lipinski definition) is 1. The largest absolute Gasteiger partial charge is 0.379 e. The molecule has 4 nitrogen and oxygen atoms in total. The summed E-state index contributed by atoms with van der Waals surface area (Å²) < 4.78 is 5.43. The van der Waals surface area contributed by atoms with E-state index < -0.39 is 0 Å². The molecule has 0 amide bonds. The number of likely N-dealkylation sites (tertiary alicyclic amines) is 1. The molecule has 2 rings (SSSR count). The second-order valence-electron chi connectivity index (χ2n) is 5.45. The first-order valence-electron chi connectivity index (χ1n) is 7.65. The van der Waals surface area contributed by atoms with Crippen LogP contribution in [0.5, 0.6) is 0 Å². The summed E-state index contributed by atoms with van der Waals surface area (Å²) in [6, 6.07) is 0.794. The van der Waals surface area contributed by atoms with Gasteiger partial charge >= 0.3 is 0 Å². The highest BCUT2D eigenvalue weighted by Crippen LogP contribution is 2.17. The van der Waals surface area contributed by atoms with Crippen LogP contribution in [-0.4, -0.2) is 74.9 Å². The third-order valence-corrected chi connectivity index (χ3v) is 4.14. The van der Waals surface area contributed by atoms with Crippen molar-refractivity contribution < 1.29 is 4.74 Å². The first-order chi connectivity index (χ1) is 8.90. The number of morpholine rings is 1. The smallest absolute Gasteiger partial charge is 0.0594 e. The van der Waals surface area contributed by atoms with Gasteiger partial charge in [0.2, 0.25) is 0 Å². The Morgan fingerprint density at radius 3 is 2.78 bits per heavy atom. The van der Waals surface area contributed by atoms with Gasteiger partial charge in [0.25, 0.3) is 0 Å². The molecule has 0 aromatic heterocycles. The molecule has 0 aliphatic carbocycles. The maximum atomic E-state index is 5.43. The van der Waals surface area contributed by atoms with Crippen LogP contribution in [0.1, 0.15) is 26.2 Å². The Hall–Kier alpha value is -0.160. The average Bonchev–Trinajstić information content (AvgIpc) is 2.88. The minimum Gasteiger partial charge on any atom is -0.379 e. The number of nitrogens with one attached hydrogen (secondary N) is 1. The van der Waals surface area contributed by atoms with Gasteiger partial charge in [0.1, 0.15) is 0 Å². The third kappa shape index (κ3) is 4.50. The van der Waals surface area contributed by atoms with Crippen molar-refractivity contribution in [3.8, 4) is 0 Å². The van der Waals surface area contributed by atoms with Gasteiger partial charge in [-0.25, -0.2) is 0 Å². The lowest BCUT2D eigenvalue weighted by Crippen LogP contribution is -2.44. The standard InChI is InChI=1S/C14H29N3O/c1-2-15-6-3-4-7-16-8-5-14(13-16)17-9-11-18-12-10-17/h14-15H,2-13H2,1H3. The SMILES string of the molecule is CCNCCCCN1CCC(N2CCOCC2)C1. The van der Waals surface area contributed by atoms with Gasteiger partial charge in [-0.1, -0.05) is 6.92 Å². The summed E-state index contributed by atoms with van der Waals surface area (Å²) in [5.74, 6) is 0. The minimum absolute atomic E-state index is 0.794. The Labute approximate surface area is 112 Å². The van der Waals surface area contributed by atoms with E-state index in [0.717, 1.165) is 38.9 Å². The van der Waals surface area contributed by atoms with Crippen molar-refractivity contribution in [2.45, 2.75) is 32.2 Å². The molecule has 2 aliphatic rings. The normalized spacial score (nSPS) is 26.8. The van der Waals surface area contributed by atoms with Crippen LogP contribution in [0.3, 0.4) is 0 Å². The lowest BCUT2D eigenvalue weighted by atomic mass is 10.2. The van der Waals surface area contributed by atoms with Crippen molar-refractivity contribution in [2.75, 3.05) is 59.0 Å². The molecule has 0 aromatic rings. The number of rotatable bonds is 7. The molecule has 0 aromatic carbocycles. The molecule has 0 saturated carbocycles. The minimum atomic E-state index is 0.794. The third-order valence-electron chi connectivity index (χ3n) is 4.14. The summed E-state index contributed by atoms with van der Waals surface area (Å²) >= 11 is 0. The zero-order chi connectivity index (χ0) is 12.6. The van der Waals surface area contributed by atoms with Gasteiger partial charge < -0.3 is 15.0 Å². The lowest BCUT2D eigenvalue weighted by Gasteiger charge is -2.32. The number of ether oxygens (including phenoxy) is 1. The van der Waals surface area contributed by atoms with E-state index in [0.29, 0.717) is 0 Å². The van der Waals surface area contributed by atoms with Crippen LogP contribution in [0.25, 0.3) is 0 Å². The van der Waals surface area contributed by atoms with E-state index in [1.165, 1.54) is 45.4 Å².